The Morgan fingerprint density at radius 1 is 1.38 bits per heavy atom. The number of quaternary nitrogens is 1. The zero-order valence-electron chi connectivity index (χ0n) is 12.3. The third-order valence-corrected chi connectivity index (χ3v) is 4.46. The van der Waals surface area contributed by atoms with Crippen molar-refractivity contribution >= 4 is 18.4 Å². The fourth-order valence-electron chi connectivity index (χ4n) is 3.33. The maximum atomic E-state index is 12.6. The van der Waals surface area contributed by atoms with E-state index in [0.717, 1.165) is 23.3 Å². The number of phenols is 1. The first kappa shape index (κ1) is 14.5. The quantitative estimate of drug-likeness (QED) is 0.594. The first-order chi connectivity index (χ1) is 9.85. The largest absolute Gasteiger partial charge is 0.508 e. The van der Waals surface area contributed by atoms with Crippen molar-refractivity contribution in [3.05, 3.63) is 41.1 Å². The molecule has 112 valence electrons. The number of hydrogen-bond donors (Lipinski definition) is 4. The molecule has 0 amide bonds. The van der Waals surface area contributed by atoms with E-state index in [4.69, 9.17) is 0 Å². The van der Waals surface area contributed by atoms with Crippen molar-refractivity contribution < 1.29 is 15.2 Å². The van der Waals surface area contributed by atoms with Crippen LogP contribution in [-0.2, 0) is 4.79 Å². The molecular weight excluding hydrogens is 284 g/mol. The third-order valence-electron chi connectivity index (χ3n) is 4.16. The third kappa shape index (κ3) is 2.80. The fraction of sp³-hybridized carbons (Fsp3) is 0.438. The lowest BCUT2D eigenvalue weighted by Crippen LogP contribution is -2.94. The number of hydrogen-bond acceptors (Lipinski definition) is 4. The minimum absolute atomic E-state index is 0.0167. The summed E-state index contributed by atoms with van der Waals surface area (Å²) < 4.78 is 0. The molecule has 0 spiro atoms. The van der Waals surface area contributed by atoms with Gasteiger partial charge in [-0.05, 0) is 24.0 Å². The van der Waals surface area contributed by atoms with Crippen LogP contribution in [-0.4, -0.2) is 16.4 Å². The molecule has 0 aromatic heterocycles. The molecule has 0 bridgehead atoms. The average molecular weight is 305 g/mol. The van der Waals surface area contributed by atoms with Crippen LogP contribution < -0.4 is 10.6 Å². The molecule has 3 rings (SSSR count). The van der Waals surface area contributed by atoms with Gasteiger partial charge in [-0.2, -0.15) is 0 Å². The van der Waals surface area contributed by atoms with Crippen LogP contribution in [0.2, 0.25) is 0 Å². The lowest BCUT2D eigenvalue weighted by atomic mass is 9.73. The number of ketones is 1. The van der Waals surface area contributed by atoms with E-state index in [1.165, 1.54) is 0 Å². The number of allylic oxidation sites excluding steroid dienone is 1. The molecule has 0 unspecified atom stereocenters. The molecule has 1 heterocycles. The Hall–Kier alpha value is -1.46. The van der Waals surface area contributed by atoms with E-state index in [1.807, 2.05) is 17.4 Å². The van der Waals surface area contributed by atoms with Crippen molar-refractivity contribution in [3.8, 4) is 5.75 Å². The second kappa shape index (κ2) is 5.07. The number of rotatable bonds is 1. The number of carbonyl (C=O) groups excluding carboxylic acids is 1. The van der Waals surface area contributed by atoms with Gasteiger partial charge in [-0.15, -0.1) is 0 Å². The Labute approximate surface area is 130 Å². The van der Waals surface area contributed by atoms with Crippen molar-refractivity contribution in [2.45, 2.75) is 38.2 Å². The Balaban J connectivity index is 2.06. The summed E-state index contributed by atoms with van der Waals surface area (Å²) in [5.74, 6) is 0.416. The molecule has 2 aliphatic rings. The monoisotopic (exact) mass is 305 g/mol. The summed E-state index contributed by atoms with van der Waals surface area (Å²) in [6.07, 6.45) is 1.42. The van der Waals surface area contributed by atoms with Crippen LogP contribution in [0, 0.1) is 5.41 Å². The number of nitrogens with one attached hydrogen (secondary N) is 1. The zero-order chi connectivity index (χ0) is 15.2. The molecule has 0 fully saturated rings. The van der Waals surface area contributed by atoms with Gasteiger partial charge >= 0.3 is 0 Å². The standard InChI is InChI=1S/C16H20N2O2S/c1-16(2)7-11-13(12(20)8-16)14(18-15(21)17-11)9-4-3-5-10(19)6-9/h3-6,14-15,17-19,21H,7-8H2,1-2H3/p+1/t14-,15-/m0/s1. The van der Waals surface area contributed by atoms with E-state index in [2.05, 4.69) is 31.8 Å². The van der Waals surface area contributed by atoms with Crippen molar-refractivity contribution in [1.82, 2.24) is 5.32 Å². The molecule has 1 aromatic rings. The summed E-state index contributed by atoms with van der Waals surface area (Å²) in [4.78, 5) is 12.6. The highest BCUT2D eigenvalue weighted by Gasteiger charge is 2.42. The molecule has 0 saturated carbocycles. The molecule has 1 aliphatic heterocycles. The van der Waals surface area contributed by atoms with E-state index in [-0.39, 0.29) is 28.5 Å². The maximum absolute atomic E-state index is 12.6. The summed E-state index contributed by atoms with van der Waals surface area (Å²) in [6.45, 7) is 4.23. The van der Waals surface area contributed by atoms with Crippen LogP contribution in [0.5, 0.6) is 5.75 Å². The van der Waals surface area contributed by atoms with Crippen LogP contribution in [0.1, 0.15) is 38.3 Å². The molecule has 0 saturated heterocycles. The van der Waals surface area contributed by atoms with Crippen molar-refractivity contribution in [3.63, 3.8) is 0 Å². The summed E-state index contributed by atoms with van der Waals surface area (Å²) in [6, 6.07) is 7.03. The van der Waals surface area contributed by atoms with Gasteiger partial charge in [0, 0.05) is 17.7 Å². The van der Waals surface area contributed by atoms with E-state index >= 15 is 0 Å². The molecule has 1 aromatic carbocycles. The average Bonchev–Trinajstić information content (AvgIpc) is 2.35. The van der Waals surface area contributed by atoms with Crippen LogP contribution in [0.15, 0.2) is 35.5 Å². The van der Waals surface area contributed by atoms with Crippen LogP contribution in [0.3, 0.4) is 0 Å². The van der Waals surface area contributed by atoms with E-state index in [9.17, 15) is 9.90 Å². The van der Waals surface area contributed by atoms with Gasteiger partial charge in [-0.1, -0.05) is 38.6 Å². The van der Waals surface area contributed by atoms with Gasteiger partial charge in [-0.25, -0.2) is 0 Å². The SMILES string of the molecule is CC1(C)CC(=O)C2=C(C1)N[C@H](S)[NH2+][C@H]2c1cccc(O)c1. The molecule has 1 aliphatic carbocycles. The van der Waals surface area contributed by atoms with Crippen molar-refractivity contribution in [2.75, 3.05) is 0 Å². The highest BCUT2D eigenvalue weighted by atomic mass is 32.1. The van der Waals surface area contributed by atoms with Crippen LogP contribution in [0.25, 0.3) is 0 Å². The molecular formula is C16H21N2O2S+. The van der Waals surface area contributed by atoms with Gasteiger partial charge in [-0.3, -0.25) is 4.79 Å². The van der Waals surface area contributed by atoms with Crippen LogP contribution >= 0.6 is 12.6 Å². The number of aromatic hydroxyl groups is 1. The molecule has 2 atom stereocenters. The number of phenolic OH excluding ortho intramolecular Hbond substituents is 1. The summed E-state index contributed by atoms with van der Waals surface area (Å²) in [5.41, 5.74) is 2.68. The topological polar surface area (TPSA) is 65.9 Å². The normalized spacial score (nSPS) is 28.0. The Morgan fingerprint density at radius 2 is 2.14 bits per heavy atom. The van der Waals surface area contributed by atoms with Gasteiger partial charge in [0.05, 0.1) is 5.57 Å². The maximum Gasteiger partial charge on any atom is 0.205 e. The first-order valence-electron chi connectivity index (χ1n) is 7.20. The number of carbonyl (C=O) groups is 1. The Kier molecular flexibility index (Phi) is 3.50. The highest BCUT2D eigenvalue weighted by molar-refractivity contribution is 7.80. The summed E-state index contributed by atoms with van der Waals surface area (Å²) >= 11 is 4.53. The predicted molar refractivity (Wildman–Crippen MR) is 83.7 cm³/mol. The van der Waals surface area contributed by atoms with Gasteiger partial charge in [0.15, 0.2) is 5.78 Å². The summed E-state index contributed by atoms with van der Waals surface area (Å²) in [5, 5.41) is 15.0. The smallest absolute Gasteiger partial charge is 0.205 e. The molecule has 0 radical (unpaired) electrons. The van der Waals surface area contributed by atoms with Crippen LogP contribution in [0.4, 0.5) is 0 Å². The Bertz CT molecular complexity index is 624. The zero-order valence-corrected chi connectivity index (χ0v) is 13.2. The highest BCUT2D eigenvalue weighted by Crippen LogP contribution is 2.40. The van der Waals surface area contributed by atoms with E-state index in [1.54, 1.807) is 12.1 Å². The minimum atomic E-state index is -0.0977. The van der Waals surface area contributed by atoms with Gasteiger partial charge in [0.1, 0.15) is 11.8 Å². The molecule has 21 heavy (non-hydrogen) atoms. The number of thiol groups is 1. The minimum Gasteiger partial charge on any atom is -0.508 e. The molecule has 4 N–H and O–H groups in total. The first-order valence-corrected chi connectivity index (χ1v) is 7.72. The van der Waals surface area contributed by atoms with Gasteiger partial charge < -0.3 is 15.7 Å². The lowest BCUT2D eigenvalue weighted by Gasteiger charge is -2.39. The van der Waals surface area contributed by atoms with Crippen molar-refractivity contribution in [1.29, 1.82) is 0 Å². The second-order valence-corrected chi connectivity index (χ2v) is 7.24. The predicted octanol–water partition coefficient (Wildman–Crippen LogP) is 1.46. The Morgan fingerprint density at radius 3 is 2.86 bits per heavy atom. The number of Topliss-reactive ketones (excluding diaryl/α,β-unsaturated/α-hetero) is 1. The summed E-state index contributed by atoms with van der Waals surface area (Å²) in [7, 11) is 0. The fourth-order valence-corrected chi connectivity index (χ4v) is 3.65. The lowest BCUT2D eigenvalue weighted by molar-refractivity contribution is -0.706. The molecule has 4 nitrogen and oxygen atoms in total. The number of nitrogens with two attached hydrogens (primary N) is 1. The second-order valence-electron chi connectivity index (χ2n) is 6.69. The van der Waals surface area contributed by atoms with Crippen molar-refractivity contribution in [2.24, 2.45) is 5.41 Å². The van der Waals surface area contributed by atoms with E-state index < -0.39 is 0 Å². The molecule has 5 heteroatoms. The van der Waals surface area contributed by atoms with E-state index in [0.29, 0.717) is 6.42 Å². The van der Waals surface area contributed by atoms with Gasteiger partial charge in [0.25, 0.3) is 0 Å². The number of benzene rings is 1. The van der Waals surface area contributed by atoms with Gasteiger partial charge in [0.2, 0.25) is 5.50 Å².